The van der Waals surface area contributed by atoms with Gasteiger partial charge in [-0.3, -0.25) is 14.4 Å². The second kappa shape index (κ2) is 63.0. The number of hydrogen-bond donors (Lipinski definition) is 15. The van der Waals surface area contributed by atoms with E-state index >= 15 is 0 Å². The molecule has 46 heteroatoms. The Morgan fingerprint density at radius 3 is 1.06 bits per heavy atom. The summed E-state index contributed by atoms with van der Waals surface area (Å²) >= 11 is 50.3. The number of esters is 1. The molecule has 6 amide bonds. The summed E-state index contributed by atoms with van der Waals surface area (Å²) in [4.78, 5) is 134. The summed E-state index contributed by atoms with van der Waals surface area (Å²) in [5.41, 5.74) is 1.73. The number of carbonyl (C=O) groups is 12. The van der Waals surface area contributed by atoms with E-state index in [1.54, 1.807) is 24.3 Å². The number of hydrogen-bond acceptors (Lipinski definition) is 25. The number of ether oxygens (including phenoxy) is 1. The first-order valence-electron chi connectivity index (χ1n) is 28.6. The van der Waals surface area contributed by atoms with E-state index in [1.165, 1.54) is 58.8 Å². The van der Waals surface area contributed by atoms with Gasteiger partial charge in [0.05, 0.1) is 5.56 Å². The van der Waals surface area contributed by atoms with Crippen molar-refractivity contribution in [2.75, 3.05) is 80.5 Å². The number of aryl methyl sites for hydroxylation is 1. The molecule has 0 fully saturated rings. The number of amides is 6. The summed E-state index contributed by atoms with van der Waals surface area (Å²) in [5.74, 6) is 2.13. The monoisotopic (exact) mass is 1870 g/mol. The Bertz CT molecular complexity index is 2970. The normalized spacial score (nSPS) is 12.1. The van der Waals surface area contributed by atoms with Crippen LogP contribution in [0.1, 0.15) is 65.8 Å². The first kappa shape index (κ1) is 101. The quantitative estimate of drug-likeness (QED) is 0.0213. The Labute approximate surface area is 661 Å². The third-order valence-corrected chi connectivity index (χ3v) is 25.7. The van der Waals surface area contributed by atoms with Crippen LogP contribution in [0.25, 0.3) is 0 Å². The van der Waals surface area contributed by atoms with Crippen molar-refractivity contribution in [2.45, 2.75) is 93.4 Å². The van der Waals surface area contributed by atoms with Gasteiger partial charge in [0.1, 0.15) is 42.0 Å². The van der Waals surface area contributed by atoms with Gasteiger partial charge in [-0.05, 0) is 55.5 Å². The molecular weight excluding hydrogens is 1800 g/mol. The number of carbonyl (C=O) groups excluding carboxylic acids is 4. The molecule has 0 aliphatic carbocycles. The maximum absolute atomic E-state index is 12.3. The molecule has 0 aliphatic rings. The van der Waals surface area contributed by atoms with E-state index in [1.807, 2.05) is 5.32 Å². The molecule has 0 unspecified atom stereocenters. The zero-order valence-corrected chi connectivity index (χ0v) is 68.0. The molecule has 15 N–H and O–H groups in total. The molecule has 2 aromatic carbocycles. The number of benzene rings is 2. The maximum atomic E-state index is 12.3. The summed E-state index contributed by atoms with van der Waals surface area (Å²) in [5, 5.41) is 96.4. The molecule has 0 saturated carbocycles. The van der Waals surface area contributed by atoms with Crippen LogP contribution in [-0.4, -0.2) is 250 Å². The van der Waals surface area contributed by atoms with Crippen molar-refractivity contribution in [1.82, 2.24) is 52.5 Å². The molecule has 0 bridgehead atoms. The molecule has 6 atom stereocenters. The minimum absolute atomic E-state index is 0.0188. The predicted octanol–water partition coefficient (Wildman–Crippen LogP) is 0.877. The van der Waals surface area contributed by atoms with E-state index in [9.17, 15) is 62.6 Å². The first-order valence-corrected chi connectivity index (χ1v) is 45.0. The number of carboxylic acid groups (broad SMARTS) is 8. The van der Waals surface area contributed by atoms with Gasteiger partial charge in [0.15, 0.2) is 5.82 Å². The average Bonchev–Trinajstić information content (AvgIpc) is 0.980. The molecule has 3 rings (SSSR count). The fourth-order valence-corrected chi connectivity index (χ4v) is 20.3. The van der Waals surface area contributed by atoms with Crippen molar-refractivity contribution in [3.63, 3.8) is 0 Å². The van der Waals surface area contributed by atoms with Crippen LogP contribution in [0.4, 0.5) is 14.4 Å². The molecule has 3 aromatic rings. The van der Waals surface area contributed by atoms with Crippen LogP contribution in [0.2, 0.25) is 0 Å². The zero-order chi connectivity index (χ0) is 76.7. The SMILES string of the molecule is O=C(N[C@@H](C[S-])C(=O)O)N[C@@H](CCc1nn[nH]n1)C(=O)O.O=C(O)CC[C@H](NC(=O)N[C@@H](CC[S-])C(=O)O)C(=O)O.O=C(O)CC[C@H](NC(=O)N[C@@H](Cc1ccc(OC(=O)c2ccc(C[S-])cc2)cc1)C(=O)O)C(=O)O.[S-]CC[S](=[Tc+3])CC[S-].[S-]CC[S](=[Tc+3])CC[S-].[S-]CC[S](=[Tc+3])CC[S-]. The topological polar surface area (TPSA) is 503 Å². The van der Waals surface area contributed by atoms with Gasteiger partial charge >= 0.3 is 293 Å². The number of urea groups is 3. The molecule has 0 spiro atoms. The Balaban J connectivity index is -0.00000125. The molecule has 1 heterocycles. The van der Waals surface area contributed by atoms with Crippen LogP contribution < -0.4 is 36.6 Å². The second-order valence-electron chi connectivity index (χ2n) is 18.9. The van der Waals surface area contributed by atoms with Crippen molar-refractivity contribution < 1.29 is 154 Å². The summed E-state index contributed by atoms with van der Waals surface area (Å²) in [7, 11) is 1.47. The van der Waals surface area contributed by atoms with Crippen molar-refractivity contribution in [3.05, 3.63) is 71.0 Å². The van der Waals surface area contributed by atoms with Crippen LogP contribution in [0.5, 0.6) is 5.75 Å². The Hall–Kier alpha value is -3.30. The molecule has 31 nitrogen and oxygen atoms in total. The number of aliphatic carboxylic acids is 8. The number of carboxylic acids is 8. The zero-order valence-electron chi connectivity index (χ0n) is 52.6. The fourth-order valence-electron chi connectivity index (χ4n) is 6.38. The molecule has 100 heavy (non-hydrogen) atoms. The summed E-state index contributed by atoms with van der Waals surface area (Å²) in [6, 6.07) is 1.63. The Morgan fingerprint density at radius 1 is 0.430 bits per heavy atom. The number of nitrogens with zero attached hydrogens (tertiary/aromatic N) is 3. The molecular formula is C54H75N10O21S12Tc3. The van der Waals surface area contributed by atoms with Crippen LogP contribution in [0.15, 0.2) is 48.5 Å². The van der Waals surface area contributed by atoms with Gasteiger partial charge in [-0.15, -0.1) is 16.0 Å². The average molecular weight is 1880 g/mol. The van der Waals surface area contributed by atoms with Crippen molar-refractivity contribution in [3.8, 4) is 5.75 Å². The van der Waals surface area contributed by atoms with E-state index in [-0.39, 0.29) is 55.8 Å². The van der Waals surface area contributed by atoms with Gasteiger partial charge in [-0.25, -0.2) is 43.2 Å². The van der Waals surface area contributed by atoms with Crippen LogP contribution >= 0.6 is 24.8 Å². The van der Waals surface area contributed by atoms with Crippen LogP contribution in [-0.2, 0) is 222 Å². The Morgan fingerprint density at radius 2 is 0.760 bits per heavy atom. The van der Waals surface area contributed by atoms with E-state index in [0.29, 0.717) is 47.5 Å². The van der Waals surface area contributed by atoms with Gasteiger partial charge in [0.25, 0.3) is 0 Å². The summed E-state index contributed by atoms with van der Waals surface area (Å²) < 4.78 is 5.29. The Kier molecular flexibility index (Phi) is 63.6. The second-order valence-corrected chi connectivity index (χ2v) is 37.0. The number of aromatic nitrogens is 4. The van der Waals surface area contributed by atoms with Crippen LogP contribution in [0, 0.1) is 0 Å². The first-order chi connectivity index (χ1) is 47.2. The van der Waals surface area contributed by atoms with E-state index in [4.69, 9.17) is 129 Å². The molecule has 1 aromatic heterocycles. The van der Waals surface area contributed by atoms with Crippen molar-refractivity contribution in [2.24, 2.45) is 0 Å². The van der Waals surface area contributed by atoms with E-state index in [2.05, 4.69) is 124 Å². The number of aromatic amines is 1. The number of H-pyrrole nitrogens is 1. The third kappa shape index (κ3) is 54.3. The summed E-state index contributed by atoms with van der Waals surface area (Å²) in [6.45, 7) is 0. The van der Waals surface area contributed by atoms with Gasteiger partial charge in [-0.1, -0.05) is 35.0 Å². The van der Waals surface area contributed by atoms with Crippen LogP contribution in [0.3, 0.4) is 0 Å². The molecule has 0 aliphatic heterocycles. The van der Waals surface area contributed by atoms with Crippen molar-refractivity contribution in [1.29, 1.82) is 0 Å². The third-order valence-electron chi connectivity index (χ3n) is 11.3. The number of rotatable bonds is 41. The molecule has 560 valence electrons. The van der Waals surface area contributed by atoms with Gasteiger partial charge in [0, 0.05) is 25.7 Å². The van der Waals surface area contributed by atoms with E-state index < -0.39 is 121 Å². The predicted molar refractivity (Wildman–Crippen MR) is 387 cm³/mol. The van der Waals surface area contributed by atoms with Gasteiger partial charge < -0.3 is 115 Å². The standard InChI is InChI=1S/C23H24N2O9S.C10H16N2O7S.C9H14N6O5S.3C4H10S3.3Tc/c26-19(27)10-9-17(20(28)29)24-23(33)25-18(21(30)31)11-13-3-7-16(8-4-13)34-22(32)15-5-1-14(12-35)2-6-15;13-7(14)2-1-5(8(15)16)11-10(19)12-6(3-4-20)9(17)18;16-7(17)4(1-2-6-12-14-15-13-6)10-9(20)11-5(3-21)8(18)19;3*5-1-3-7-4-2-6;;;/h1-8,17-18,35H,9-12H2,(H,26,27)(H,28,29)(H,30,31)(H2,24,25,33);5-6,20H,1-4H2,(H,13,14)(H,15,16)(H,17,18)(H2,11,12,19);4-5,21H,1-3H2,(H,16,17)(H,18,19)(H2,10,11,20)(H,12,13,14,15);3*5-6H,1-4H2;;;/q;;;;;;3*+3/p-9/t17-,18-;5-,6-;4-,5-;;;;;;/m000....../s1. The van der Waals surface area contributed by atoms with Gasteiger partial charge in [0.2, 0.25) is 0 Å². The molecule has 0 radical (unpaired) electrons. The number of nitrogens with one attached hydrogen (secondary N) is 7. The van der Waals surface area contributed by atoms with Crippen molar-refractivity contribution >= 4 is 210 Å². The summed E-state index contributed by atoms with van der Waals surface area (Å²) in [6.07, 6.45) is -1.53. The molecule has 0 saturated heterocycles. The minimum atomic E-state index is -1.50. The fraction of sp³-hybridized carbons (Fsp3) is 0.537. The van der Waals surface area contributed by atoms with Gasteiger partial charge in [-0.2, -0.15) is 16.7 Å². The van der Waals surface area contributed by atoms with E-state index in [0.717, 1.165) is 40.1 Å². The number of tetrazole rings is 1.